The summed E-state index contributed by atoms with van der Waals surface area (Å²) in [6, 6.07) is 2.49. The average molecular weight is 383 g/mol. The summed E-state index contributed by atoms with van der Waals surface area (Å²) < 4.78 is 80.2. The van der Waals surface area contributed by atoms with Crippen LogP contribution in [0.25, 0.3) is 10.9 Å². The number of nitrogens with zero attached hydrogens (tertiary/aromatic N) is 1. The molecule has 10 heteroatoms. The number of rotatable bonds is 1. The van der Waals surface area contributed by atoms with Crippen LogP contribution in [0.4, 0.5) is 26.3 Å². The molecule has 0 radical (unpaired) electrons. The normalized spacial score (nSPS) is 15.7. The van der Waals surface area contributed by atoms with Gasteiger partial charge in [-0.15, -0.1) is 11.8 Å². The van der Waals surface area contributed by atoms with E-state index in [1.54, 1.807) is 0 Å². The number of benzene rings is 1. The Balaban J connectivity index is 2.42. The van der Waals surface area contributed by atoms with Gasteiger partial charge >= 0.3 is 12.4 Å². The molecule has 0 spiro atoms. The summed E-state index contributed by atoms with van der Waals surface area (Å²) in [4.78, 5) is 12.1. The standard InChI is InChI=1S/C15H11F6NO2S/c1-7-4-11(23)22-2-3-25-10-6-8(5-9(7)12(10)22)13(24,14(16,17)18)15(19,20)21/h4-6,24H,2-3H2,1H3. The summed E-state index contributed by atoms with van der Waals surface area (Å²) in [5.74, 6) is 0.324. The Morgan fingerprint density at radius 1 is 1.08 bits per heavy atom. The first-order valence-electron chi connectivity index (χ1n) is 7.05. The number of pyridine rings is 1. The van der Waals surface area contributed by atoms with E-state index in [0.717, 1.165) is 17.8 Å². The third-order valence-electron chi connectivity index (χ3n) is 4.19. The lowest BCUT2D eigenvalue weighted by atomic mass is 9.90. The van der Waals surface area contributed by atoms with E-state index in [9.17, 15) is 36.2 Å². The summed E-state index contributed by atoms with van der Waals surface area (Å²) in [5, 5.41) is 9.72. The van der Waals surface area contributed by atoms with E-state index in [0.29, 0.717) is 24.4 Å². The zero-order valence-corrected chi connectivity index (χ0v) is 13.4. The highest BCUT2D eigenvalue weighted by molar-refractivity contribution is 7.99. The molecular formula is C15H11F6NO2S. The Morgan fingerprint density at radius 3 is 2.24 bits per heavy atom. The van der Waals surface area contributed by atoms with Gasteiger partial charge in [0.25, 0.3) is 11.2 Å². The summed E-state index contributed by atoms with van der Waals surface area (Å²) in [6.07, 6.45) is -11.9. The first-order valence-corrected chi connectivity index (χ1v) is 8.04. The van der Waals surface area contributed by atoms with Crippen molar-refractivity contribution >= 4 is 22.7 Å². The van der Waals surface area contributed by atoms with Gasteiger partial charge in [-0.3, -0.25) is 4.79 Å². The second-order valence-electron chi connectivity index (χ2n) is 5.74. The molecule has 0 atom stereocenters. The van der Waals surface area contributed by atoms with Crippen LogP contribution in [0.1, 0.15) is 11.1 Å². The molecule has 1 N–H and O–H groups in total. The van der Waals surface area contributed by atoms with Crippen molar-refractivity contribution in [1.82, 2.24) is 4.57 Å². The highest BCUT2D eigenvalue weighted by Crippen LogP contribution is 2.51. The largest absolute Gasteiger partial charge is 0.430 e. The van der Waals surface area contributed by atoms with Crippen molar-refractivity contribution in [2.45, 2.75) is 36.3 Å². The third kappa shape index (κ3) is 2.53. The molecule has 25 heavy (non-hydrogen) atoms. The lowest BCUT2D eigenvalue weighted by Crippen LogP contribution is -2.54. The predicted molar refractivity (Wildman–Crippen MR) is 79.7 cm³/mol. The van der Waals surface area contributed by atoms with Crippen LogP contribution in [0.2, 0.25) is 0 Å². The van der Waals surface area contributed by atoms with Gasteiger partial charge in [-0.1, -0.05) is 0 Å². The van der Waals surface area contributed by atoms with E-state index in [-0.39, 0.29) is 26.9 Å². The van der Waals surface area contributed by atoms with Gasteiger partial charge in [0.2, 0.25) is 0 Å². The fourth-order valence-corrected chi connectivity index (χ4v) is 3.97. The Hall–Kier alpha value is -1.68. The molecule has 3 rings (SSSR count). The average Bonchev–Trinajstić information content (AvgIpc) is 2.48. The van der Waals surface area contributed by atoms with Gasteiger partial charge in [-0.25, -0.2) is 0 Å². The number of hydrogen-bond donors (Lipinski definition) is 1. The van der Waals surface area contributed by atoms with Crippen molar-refractivity contribution in [2.24, 2.45) is 0 Å². The molecule has 0 fully saturated rings. The molecule has 1 aliphatic rings. The summed E-state index contributed by atoms with van der Waals surface area (Å²) in [5.41, 5.74) is -6.14. The van der Waals surface area contributed by atoms with Crippen molar-refractivity contribution < 1.29 is 31.4 Å². The number of halogens is 6. The predicted octanol–water partition coefficient (Wildman–Crippen LogP) is 3.73. The van der Waals surface area contributed by atoms with Crippen molar-refractivity contribution in [2.75, 3.05) is 5.75 Å². The van der Waals surface area contributed by atoms with Gasteiger partial charge in [0.05, 0.1) is 5.52 Å². The van der Waals surface area contributed by atoms with Gasteiger partial charge in [0.15, 0.2) is 0 Å². The maximum Gasteiger partial charge on any atom is 0.430 e. The lowest BCUT2D eigenvalue weighted by Gasteiger charge is -2.33. The van der Waals surface area contributed by atoms with Crippen molar-refractivity contribution in [3.05, 3.63) is 39.7 Å². The fraction of sp³-hybridized carbons (Fsp3) is 0.400. The SMILES string of the molecule is Cc1cc(=O)n2c3c(cc(C(O)(C(F)(F)F)C(F)(F)F)cc13)SCC2. The second-order valence-corrected chi connectivity index (χ2v) is 6.88. The molecule has 1 aromatic carbocycles. The van der Waals surface area contributed by atoms with E-state index >= 15 is 0 Å². The number of aryl methyl sites for hydroxylation is 2. The Morgan fingerprint density at radius 2 is 1.68 bits per heavy atom. The van der Waals surface area contributed by atoms with Crippen molar-refractivity contribution in [3.63, 3.8) is 0 Å². The van der Waals surface area contributed by atoms with Gasteiger partial charge < -0.3 is 9.67 Å². The second kappa shape index (κ2) is 5.41. The van der Waals surface area contributed by atoms with Crippen LogP contribution < -0.4 is 5.56 Å². The van der Waals surface area contributed by atoms with Gasteiger partial charge in [-0.05, 0) is 24.6 Å². The zero-order chi connectivity index (χ0) is 18.8. The van der Waals surface area contributed by atoms with Crippen LogP contribution in [0.5, 0.6) is 0 Å². The lowest BCUT2D eigenvalue weighted by molar-refractivity contribution is -0.376. The van der Waals surface area contributed by atoms with E-state index in [4.69, 9.17) is 0 Å². The molecule has 0 saturated carbocycles. The number of aromatic nitrogens is 1. The smallest absolute Gasteiger partial charge is 0.369 e. The molecule has 0 bridgehead atoms. The maximum absolute atomic E-state index is 13.1. The van der Waals surface area contributed by atoms with Gasteiger partial charge in [0.1, 0.15) is 0 Å². The minimum absolute atomic E-state index is 0.0752. The Kier molecular flexibility index (Phi) is 3.92. The molecule has 0 aliphatic carbocycles. The molecule has 1 aromatic heterocycles. The first-order chi connectivity index (χ1) is 11.4. The van der Waals surface area contributed by atoms with Crippen LogP contribution in [0.3, 0.4) is 0 Å². The van der Waals surface area contributed by atoms with Gasteiger partial charge in [0, 0.05) is 34.2 Å². The molecule has 1 aliphatic heterocycles. The Bertz CT molecular complexity index is 901. The molecule has 136 valence electrons. The quantitative estimate of drug-likeness (QED) is 0.764. The van der Waals surface area contributed by atoms with Crippen LogP contribution in [-0.4, -0.2) is 27.8 Å². The number of hydrogen-bond acceptors (Lipinski definition) is 3. The number of alkyl halides is 6. The molecule has 2 aromatic rings. The summed E-state index contributed by atoms with van der Waals surface area (Å²) >= 11 is 1.04. The molecule has 0 saturated heterocycles. The molecule has 2 heterocycles. The van der Waals surface area contributed by atoms with Crippen LogP contribution in [-0.2, 0) is 12.1 Å². The highest BCUT2D eigenvalue weighted by Gasteiger charge is 2.71. The minimum Gasteiger partial charge on any atom is -0.369 e. The van der Waals surface area contributed by atoms with Crippen molar-refractivity contribution in [3.8, 4) is 0 Å². The maximum atomic E-state index is 13.1. The topological polar surface area (TPSA) is 42.2 Å². The van der Waals surface area contributed by atoms with E-state index in [1.165, 1.54) is 11.5 Å². The van der Waals surface area contributed by atoms with E-state index in [1.807, 2.05) is 0 Å². The number of thioether (sulfide) groups is 1. The van der Waals surface area contributed by atoms with Crippen LogP contribution in [0.15, 0.2) is 27.9 Å². The highest BCUT2D eigenvalue weighted by atomic mass is 32.2. The monoisotopic (exact) mass is 383 g/mol. The molecule has 0 amide bonds. The molecule has 0 unspecified atom stereocenters. The summed E-state index contributed by atoms with van der Waals surface area (Å²) in [7, 11) is 0. The van der Waals surface area contributed by atoms with Crippen LogP contribution >= 0.6 is 11.8 Å². The van der Waals surface area contributed by atoms with E-state index in [2.05, 4.69) is 0 Å². The minimum atomic E-state index is -5.95. The van der Waals surface area contributed by atoms with Crippen LogP contribution in [0, 0.1) is 6.92 Å². The fourth-order valence-electron chi connectivity index (χ4n) is 2.91. The van der Waals surface area contributed by atoms with Gasteiger partial charge in [-0.2, -0.15) is 26.3 Å². The number of aliphatic hydroxyl groups is 1. The summed E-state index contributed by atoms with van der Waals surface area (Å²) in [6.45, 7) is 1.73. The molecule has 3 nitrogen and oxygen atoms in total. The third-order valence-corrected chi connectivity index (χ3v) is 5.20. The zero-order valence-electron chi connectivity index (χ0n) is 12.6. The first kappa shape index (κ1) is 18.1. The molecular weight excluding hydrogens is 372 g/mol. The Labute approximate surface area is 141 Å². The van der Waals surface area contributed by atoms with Crippen molar-refractivity contribution in [1.29, 1.82) is 0 Å². The van der Waals surface area contributed by atoms with E-state index < -0.39 is 23.5 Å².